The van der Waals surface area contributed by atoms with Gasteiger partial charge < -0.3 is 0 Å². The van der Waals surface area contributed by atoms with E-state index in [9.17, 15) is 17.2 Å². The first-order valence-corrected chi connectivity index (χ1v) is 5.76. The summed E-state index contributed by atoms with van der Waals surface area (Å²) in [6.07, 6.45) is 0. The van der Waals surface area contributed by atoms with Gasteiger partial charge in [0.05, 0.1) is 5.56 Å². The highest BCUT2D eigenvalue weighted by Gasteiger charge is 2.45. The van der Waals surface area contributed by atoms with E-state index in [1.54, 1.807) is 0 Å². The van der Waals surface area contributed by atoms with Gasteiger partial charge in [0.25, 0.3) is 10.0 Å². The first kappa shape index (κ1) is 11.5. The minimum atomic E-state index is -4.94. The molecule has 78 valence electrons. The molecule has 0 aliphatic rings. The monoisotopic (exact) mass is 285 g/mol. The molecule has 0 heterocycles. The number of alkyl halides is 2. The summed E-state index contributed by atoms with van der Waals surface area (Å²) in [5.74, 6) is 0. The highest BCUT2D eigenvalue weighted by Crippen LogP contribution is 2.36. The lowest BCUT2D eigenvalue weighted by molar-refractivity contribution is 0.0898. The maximum Gasteiger partial charge on any atom is 0.385 e. The summed E-state index contributed by atoms with van der Waals surface area (Å²) in [5, 5.41) is 0.339. The fourth-order valence-corrected chi connectivity index (χ4v) is 2.00. The van der Waals surface area contributed by atoms with Crippen LogP contribution in [0, 0.1) is 0 Å². The average molecular weight is 286 g/mol. The quantitative estimate of drug-likeness (QED) is 0.901. The van der Waals surface area contributed by atoms with Gasteiger partial charge in [-0.15, -0.1) is 0 Å². The van der Waals surface area contributed by atoms with Crippen molar-refractivity contribution in [1.82, 2.24) is 0 Å². The van der Waals surface area contributed by atoms with Crippen LogP contribution in [0.5, 0.6) is 0 Å². The molecule has 0 aromatic heterocycles. The molecule has 0 aliphatic carbocycles. The third kappa shape index (κ3) is 1.94. The lowest BCUT2D eigenvalue weighted by Crippen LogP contribution is -2.33. The van der Waals surface area contributed by atoms with Crippen LogP contribution in [0.3, 0.4) is 0 Å². The van der Waals surface area contributed by atoms with Gasteiger partial charge in [-0.1, -0.05) is 34.1 Å². The molecular formula is C7H6BrF2NO2S. The van der Waals surface area contributed by atoms with Crippen molar-refractivity contribution in [2.45, 2.75) is 5.25 Å². The second kappa shape index (κ2) is 3.56. The third-order valence-corrected chi connectivity index (χ3v) is 3.17. The predicted octanol–water partition coefficient (Wildman–Crippen LogP) is 1.79. The van der Waals surface area contributed by atoms with Crippen molar-refractivity contribution in [1.29, 1.82) is 0 Å². The van der Waals surface area contributed by atoms with E-state index in [4.69, 9.17) is 0 Å². The molecule has 1 aromatic carbocycles. The summed E-state index contributed by atoms with van der Waals surface area (Å²) >= 11 is 2.82. The van der Waals surface area contributed by atoms with Gasteiger partial charge in [0.2, 0.25) is 0 Å². The fraction of sp³-hybridized carbons (Fsp3) is 0.143. The summed E-state index contributed by atoms with van der Waals surface area (Å²) in [7, 11) is -4.94. The smallest absolute Gasteiger partial charge is 0.223 e. The molecule has 0 saturated carbocycles. The Morgan fingerprint density at radius 2 is 1.79 bits per heavy atom. The first-order valence-electron chi connectivity index (χ1n) is 3.42. The van der Waals surface area contributed by atoms with Crippen LogP contribution >= 0.6 is 15.9 Å². The zero-order valence-electron chi connectivity index (χ0n) is 6.75. The SMILES string of the molecule is NS(=O)(=O)C(F)(F)c1ccccc1Br. The molecule has 0 spiro atoms. The summed E-state index contributed by atoms with van der Waals surface area (Å²) in [6.45, 7) is 0. The van der Waals surface area contributed by atoms with E-state index in [-0.39, 0.29) is 4.47 Å². The molecule has 0 amide bonds. The maximum atomic E-state index is 13.2. The van der Waals surface area contributed by atoms with Crippen molar-refractivity contribution >= 4 is 26.0 Å². The molecule has 3 nitrogen and oxygen atoms in total. The molecule has 0 atom stereocenters. The first-order chi connectivity index (χ1) is 6.27. The summed E-state index contributed by atoms with van der Waals surface area (Å²) in [4.78, 5) is 0. The van der Waals surface area contributed by atoms with Crippen LogP contribution < -0.4 is 5.14 Å². The van der Waals surface area contributed by atoms with Crippen LogP contribution in [-0.2, 0) is 15.3 Å². The van der Waals surface area contributed by atoms with Crippen molar-refractivity contribution in [3.8, 4) is 0 Å². The molecule has 0 radical (unpaired) electrons. The molecule has 1 aromatic rings. The van der Waals surface area contributed by atoms with Crippen molar-refractivity contribution in [3.05, 3.63) is 34.3 Å². The van der Waals surface area contributed by atoms with Gasteiger partial charge in [-0.3, -0.25) is 0 Å². The second-order valence-electron chi connectivity index (χ2n) is 2.54. The Bertz CT molecular complexity index is 447. The Hall–Kier alpha value is -0.530. The molecule has 1 rings (SSSR count). The van der Waals surface area contributed by atoms with E-state index in [0.717, 1.165) is 6.07 Å². The van der Waals surface area contributed by atoms with Crippen molar-refractivity contribution in [2.24, 2.45) is 5.14 Å². The Labute approximate surface area is 88.1 Å². The number of halogens is 3. The van der Waals surface area contributed by atoms with Gasteiger partial charge >= 0.3 is 5.25 Å². The zero-order valence-corrected chi connectivity index (χ0v) is 9.15. The fourth-order valence-electron chi connectivity index (χ4n) is 0.851. The number of sulfonamides is 1. The molecular weight excluding hydrogens is 280 g/mol. The van der Waals surface area contributed by atoms with E-state index in [0.29, 0.717) is 0 Å². The van der Waals surface area contributed by atoms with E-state index in [1.807, 2.05) is 0 Å². The van der Waals surface area contributed by atoms with Crippen LogP contribution in [0.25, 0.3) is 0 Å². The molecule has 14 heavy (non-hydrogen) atoms. The van der Waals surface area contributed by atoms with E-state index < -0.39 is 20.8 Å². The second-order valence-corrected chi connectivity index (χ2v) is 5.00. The van der Waals surface area contributed by atoms with E-state index in [1.165, 1.54) is 18.2 Å². The molecule has 0 aliphatic heterocycles. The largest absolute Gasteiger partial charge is 0.385 e. The van der Waals surface area contributed by atoms with Crippen LogP contribution in [0.2, 0.25) is 0 Å². The van der Waals surface area contributed by atoms with Gasteiger partial charge in [0.1, 0.15) is 0 Å². The van der Waals surface area contributed by atoms with Crippen molar-refractivity contribution in [3.63, 3.8) is 0 Å². The van der Waals surface area contributed by atoms with Gasteiger partial charge in [0, 0.05) is 4.47 Å². The minimum Gasteiger partial charge on any atom is -0.223 e. The zero-order chi connectivity index (χ0) is 11.0. The Kier molecular flexibility index (Phi) is 2.93. The highest BCUT2D eigenvalue weighted by atomic mass is 79.9. The number of benzene rings is 1. The predicted molar refractivity (Wildman–Crippen MR) is 51.1 cm³/mol. The number of rotatable bonds is 2. The van der Waals surface area contributed by atoms with Crippen LogP contribution in [0.4, 0.5) is 8.78 Å². The number of nitrogens with two attached hydrogens (primary N) is 1. The van der Waals surface area contributed by atoms with Gasteiger partial charge in [-0.2, -0.15) is 8.78 Å². The minimum absolute atomic E-state index is 0.000903. The van der Waals surface area contributed by atoms with E-state index in [2.05, 4.69) is 21.1 Å². The Morgan fingerprint density at radius 1 is 1.29 bits per heavy atom. The molecule has 7 heteroatoms. The van der Waals surface area contributed by atoms with Crippen LogP contribution in [0.1, 0.15) is 5.56 Å². The molecule has 0 unspecified atom stereocenters. The molecule has 0 bridgehead atoms. The normalized spacial score (nSPS) is 12.9. The molecule has 0 saturated heterocycles. The summed E-state index contributed by atoms with van der Waals surface area (Å²) < 4.78 is 47.6. The summed E-state index contributed by atoms with van der Waals surface area (Å²) in [6, 6.07) is 5.11. The molecule has 0 fully saturated rings. The summed E-state index contributed by atoms with van der Waals surface area (Å²) in [5.41, 5.74) is -0.664. The standard InChI is InChI=1S/C7H6BrF2NO2S/c8-6-4-2-1-3-5(6)7(9,10)14(11,12)13/h1-4H,(H2,11,12,13). The lowest BCUT2D eigenvalue weighted by Gasteiger charge is -2.15. The number of hydrogen-bond donors (Lipinski definition) is 1. The molecule has 2 N–H and O–H groups in total. The number of hydrogen-bond acceptors (Lipinski definition) is 2. The van der Waals surface area contributed by atoms with E-state index >= 15 is 0 Å². The van der Waals surface area contributed by atoms with Crippen molar-refractivity contribution < 1.29 is 17.2 Å². The average Bonchev–Trinajstić information content (AvgIpc) is 2.02. The number of primary sulfonamides is 1. The van der Waals surface area contributed by atoms with Crippen LogP contribution in [-0.4, -0.2) is 8.42 Å². The Balaban J connectivity index is 3.38. The van der Waals surface area contributed by atoms with Gasteiger partial charge in [-0.05, 0) is 6.07 Å². The van der Waals surface area contributed by atoms with Gasteiger partial charge in [0.15, 0.2) is 0 Å². The van der Waals surface area contributed by atoms with Crippen molar-refractivity contribution in [2.75, 3.05) is 0 Å². The van der Waals surface area contributed by atoms with Crippen LogP contribution in [0.15, 0.2) is 28.7 Å². The lowest BCUT2D eigenvalue weighted by atomic mass is 10.2. The topological polar surface area (TPSA) is 60.2 Å². The Morgan fingerprint density at radius 3 is 2.21 bits per heavy atom. The van der Waals surface area contributed by atoms with Gasteiger partial charge in [-0.25, -0.2) is 13.6 Å². The highest BCUT2D eigenvalue weighted by molar-refractivity contribution is 9.10. The third-order valence-electron chi connectivity index (χ3n) is 1.54. The maximum absolute atomic E-state index is 13.2.